The fraction of sp³-hybridized carbons (Fsp3) is 0.824. The number of aryl methyl sites for hydroxylation is 3. The summed E-state index contributed by atoms with van der Waals surface area (Å²) in [5.74, 6) is 0. The molecule has 0 atom stereocenters. The van der Waals surface area contributed by atoms with Gasteiger partial charge in [-0.2, -0.15) is 0 Å². The molecule has 0 saturated carbocycles. The summed E-state index contributed by atoms with van der Waals surface area (Å²) < 4.78 is 0. The molecule has 0 aliphatic rings. The summed E-state index contributed by atoms with van der Waals surface area (Å²) in [5, 5.41) is 0. The molecule has 0 radical (unpaired) electrons. The smallest absolute Gasteiger partial charge is 0.0273 e. The molecule has 0 nitrogen and oxygen atoms in total. The van der Waals surface area contributed by atoms with Crippen molar-refractivity contribution < 1.29 is 0 Å². The van der Waals surface area contributed by atoms with E-state index in [-0.39, 0.29) is 0 Å². The van der Waals surface area contributed by atoms with E-state index in [4.69, 9.17) is 0 Å². The van der Waals surface area contributed by atoms with E-state index in [9.17, 15) is 0 Å². The Balaban J connectivity index is 2.61. The van der Waals surface area contributed by atoms with Gasteiger partial charge < -0.3 is 0 Å². The van der Waals surface area contributed by atoms with E-state index in [0.29, 0.717) is 0 Å². The van der Waals surface area contributed by atoms with Crippen LogP contribution in [0.4, 0.5) is 0 Å². The van der Waals surface area contributed by atoms with Crippen molar-refractivity contribution in [2.24, 2.45) is 0 Å². The minimum absolute atomic E-state index is 1.31. The van der Waals surface area contributed by atoms with Crippen molar-refractivity contribution in [1.29, 1.82) is 0 Å². The highest BCUT2D eigenvalue weighted by atomic mass is 14.2. The van der Waals surface area contributed by atoms with E-state index in [0.717, 1.165) is 0 Å². The number of benzene rings is 1. The number of hydrogen-bond acceptors (Lipinski definition) is 0. The maximum atomic E-state index is 2.54. The van der Waals surface area contributed by atoms with Crippen molar-refractivity contribution in [3.05, 3.63) is 34.4 Å². The van der Waals surface area contributed by atoms with Gasteiger partial charge in [-0.3, -0.25) is 0 Å². The first-order valence-electron chi connectivity index (χ1n) is 15.8. The zero-order valence-electron chi connectivity index (χ0n) is 24.1. The molecular weight excluding hydrogens is 408 g/mol. The van der Waals surface area contributed by atoms with Crippen LogP contribution in [0.3, 0.4) is 0 Å². The third-order valence-electron chi connectivity index (χ3n) is 7.71. The number of hydrogen-bond donors (Lipinski definition) is 0. The predicted molar refractivity (Wildman–Crippen MR) is 156 cm³/mol. The zero-order chi connectivity index (χ0) is 24.7. The Morgan fingerprint density at radius 1 is 0.382 bits per heavy atom. The van der Waals surface area contributed by atoms with Gasteiger partial charge in [0.1, 0.15) is 0 Å². The van der Waals surface area contributed by atoms with Crippen LogP contribution in [0, 0.1) is 6.92 Å². The standard InChI is InChI=1S/C34H62/c1-5-8-11-14-17-20-23-26-32-29-31(4)30-33(27-24-21-18-15-12-9-6-2)34(32)28-25-22-19-16-13-10-7-3/h29-30H,5-28H2,1-4H3. The van der Waals surface area contributed by atoms with Crippen molar-refractivity contribution in [3.63, 3.8) is 0 Å². The summed E-state index contributed by atoms with van der Waals surface area (Å²) >= 11 is 0. The second-order valence-electron chi connectivity index (χ2n) is 11.2. The highest BCUT2D eigenvalue weighted by Gasteiger charge is 2.10. The maximum absolute atomic E-state index is 2.54. The molecule has 0 spiro atoms. The summed E-state index contributed by atoms with van der Waals surface area (Å²) in [4.78, 5) is 0. The first-order chi connectivity index (χ1) is 16.7. The van der Waals surface area contributed by atoms with Crippen LogP contribution in [-0.4, -0.2) is 0 Å². The normalized spacial score (nSPS) is 11.4. The van der Waals surface area contributed by atoms with Gasteiger partial charge in [-0.1, -0.05) is 154 Å². The monoisotopic (exact) mass is 470 g/mol. The van der Waals surface area contributed by atoms with Crippen LogP contribution < -0.4 is 0 Å². The third kappa shape index (κ3) is 16.0. The van der Waals surface area contributed by atoms with Gasteiger partial charge in [-0.25, -0.2) is 0 Å². The van der Waals surface area contributed by atoms with Crippen LogP contribution >= 0.6 is 0 Å². The molecule has 0 amide bonds. The second-order valence-corrected chi connectivity index (χ2v) is 11.2. The van der Waals surface area contributed by atoms with Crippen LogP contribution in [0.5, 0.6) is 0 Å². The van der Waals surface area contributed by atoms with Gasteiger partial charge in [-0.05, 0) is 62.1 Å². The molecule has 0 saturated heterocycles. The fourth-order valence-electron chi connectivity index (χ4n) is 5.54. The summed E-state index contributed by atoms with van der Waals surface area (Å²) in [6.07, 6.45) is 33.6. The lowest BCUT2D eigenvalue weighted by Crippen LogP contribution is -2.03. The summed E-state index contributed by atoms with van der Waals surface area (Å²) in [5.41, 5.74) is 6.67. The predicted octanol–water partition coefficient (Wildman–Crippen LogP) is 11.9. The van der Waals surface area contributed by atoms with Gasteiger partial charge in [0.25, 0.3) is 0 Å². The first-order valence-corrected chi connectivity index (χ1v) is 15.8. The Bertz CT molecular complexity index is 530. The summed E-state index contributed by atoms with van der Waals surface area (Å²) in [6.45, 7) is 9.28. The SMILES string of the molecule is CCCCCCCCCc1cc(C)cc(CCCCCCCCC)c1CCCCCCCCC. The minimum Gasteiger partial charge on any atom is -0.0654 e. The average molecular weight is 471 g/mol. The Hall–Kier alpha value is -0.780. The van der Waals surface area contributed by atoms with Crippen LogP contribution in [0.25, 0.3) is 0 Å². The van der Waals surface area contributed by atoms with E-state index in [1.165, 1.54) is 160 Å². The highest BCUT2D eigenvalue weighted by molar-refractivity contribution is 5.39. The Labute approximate surface area is 216 Å². The largest absolute Gasteiger partial charge is 0.0654 e. The fourth-order valence-corrected chi connectivity index (χ4v) is 5.54. The lowest BCUT2D eigenvalue weighted by molar-refractivity contribution is 0.578. The van der Waals surface area contributed by atoms with Crippen LogP contribution in [0.1, 0.15) is 178 Å². The molecule has 0 unspecified atom stereocenters. The quantitative estimate of drug-likeness (QED) is 0.132. The maximum Gasteiger partial charge on any atom is -0.0273 e. The second kappa shape index (κ2) is 22.7. The molecule has 0 fully saturated rings. The molecular formula is C34H62. The Kier molecular flexibility index (Phi) is 20.8. The van der Waals surface area contributed by atoms with Crippen molar-refractivity contribution in [1.82, 2.24) is 0 Å². The third-order valence-corrected chi connectivity index (χ3v) is 7.71. The summed E-state index contributed by atoms with van der Waals surface area (Å²) in [7, 11) is 0. The molecule has 1 rings (SSSR count). The number of rotatable bonds is 24. The average Bonchev–Trinajstić information content (AvgIpc) is 2.83. The van der Waals surface area contributed by atoms with Crippen molar-refractivity contribution >= 4 is 0 Å². The molecule has 1 aromatic carbocycles. The molecule has 1 aromatic rings. The molecule has 0 N–H and O–H groups in total. The van der Waals surface area contributed by atoms with Gasteiger partial charge in [-0.15, -0.1) is 0 Å². The molecule has 34 heavy (non-hydrogen) atoms. The Morgan fingerprint density at radius 3 is 1.03 bits per heavy atom. The molecule has 0 heterocycles. The Morgan fingerprint density at radius 2 is 0.676 bits per heavy atom. The van der Waals surface area contributed by atoms with Crippen LogP contribution in [0.15, 0.2) is 12.1 Å². The zero-order valence-corrected chi connectivity index (χ0v) is 24.1. The van der Waals surface area contributed by atoms with Crippen LogP contribution in [-0.2, 0) is 19.3 Å². The van der Waals surface area contributed by atoms with Gasteiger partial charge >= 0.3 is 0 Å². The molecule has 0 aliphatic carbocycles. The van der Waals surface area contributed by atoms with Gasteiger partial charge in [0.05, 0.1) is 0 Å². The molecule has 0 bridgehead atoms. The van der Waals surface area contributed by atoms with Gasteiger partial charge in [0, 0.05) is 0 Å². The summed E-state index contributed by atoms with van der Waals surface area (Å²) in [6, 6.07) is 5.09. The molecule has 0 heteroatoms. The lowest BCUT2D eigenvalue weighted by Gasteiger charge is -2.17. The van der Waals surface area contributed by atoms with Crippen molar-refractivity contribution in [3.8, 4) is 0 Å². The van der Waals surface area contributed by atoms with E-state index < -0.39 is 0 Å². The lowest BCUT2D eigenvalue weighted by atomic mass is 9.88. The van der Waals surface area contributed by atoms with E-state index in [1.54, 1.807) is 16.7 Å². The van der Waals surface area contributed by atoms with Gasteiger partial charge in [0.2, 0.25) is 0 Å². The molecule has 0 aliphatic heterocycles. The molecule has 0 aromatic heterocycles. The van der Waals surface area contributed by atoms with Crippen molar-refractivity contribution in [2.45, 2.75) is 182 Å². The highest BCUT2D eigenvalue weighted by Crippen LogP contribution is 2.25. The van der Waals surface area contributed by atoms with E-state index in [2.05, 4.69) is 39.8 Å². The number of unbranched alkanes of at least 4 members (excludes halogenated alkanes) is 18. The van der Waals surface area contributed by atoms with Crippen molar-refractivity contribution in [2.75, 3.05) is 0 Å². The van der Waals surface area contributed by atoms with E-state index in [1.807, 2.05) is 0 Å². The van der Waals surface area contributed by atoms with E-state index >= 15 is 0 Å². The van der Waals surface area contributed by atoms with Crippen LogP contribution in [0.2, 0.25) is 0 Å². The minimum atomic E-state index is 1.31. The van der Waals surface area contributed by atoms with Gasteiger partial charge in [0.15, 0.2) is 0 Å². The molecule has 198 valence electrons. The first kappa shape index (κ1) is 31.3. The topological polar surface area (TPSA) is 0 Å².